The number of nitrogens with one attached hydrogen (secondary N) is 1. The first-order valence-corrected chi connectivity index (χ1v) is 10.3. The molecule has 0 radical (unpaired) electrons. The van der Waals surface area contributed by atoms with Crippen LogP contribution in [0.4, 0.5) is 5.82 Å². The van der Waals surface area contributed by atoms with Crippen molar-refractivity contribution in [2.45, 2.75) is 46.2 Å². The van der Waals surface area contributed by atoms with Crippen LogP contribution in [0.1, 0.15) is 33.3 Å². The second-order valence-corrected chi connectivity index (χ2v) is 8.23. The lowest BCUT2D eigenvalue weighted by Crippen LogP contribution is -2.58. The molecule has 0 spiro atoms. The summed E-state index contributed by atoms with van der Waals surface area (Å²) < 4.78 is 0. The van der Waals surface area contributed by atoms with Crippen molar-refractivity contribution in [3.63, 3.8) is 0 Å². The molecule has 1 fully saturated rings. The maximum atomic E-state index is 12.0. The van der Waals surface area contributed by atoms with E-state index in [0.29, 0.717) is 6.42 Å². The van der Waals surface area contributed by atoms with Crippen LogP contribution in [0.5, 0.6) is 0 Å². The van der Waals surface area contributed by atoms with Gasteiger partial charge in [0.15, 0.2) is 0 Å². The zero-order chi connectivity index (χ0) is 21.4. The summed E-state index contributed by atoms with van der Waals surface area (Å²) >= 11 is 0. The van der Waals surface area contributed by atoms with Gasteiger partial charge in [0.2, 0.25) is 5.91 Å². The summed E-state index contributed by atoms with van der Waals surface area (Å²) in [6.45, 7) is 8.87. The number of carbonyl (C=O) groups excluding carboxylic acids is 2. The molecule has 1 aliphatic rings. The Labute approximate surface area is 176 Å². The highest BCUT2D eigenvalue weighted by Gasteiger charge is 2.31. The van der Waals surface area contributed by atoms with E-state index in [1.54, 1.807) is 20.0 Å². The quantitative estimate of drug-likeness (QED) is 0.721. The van der Waals surface area contributed by atoms with Crippen LogP contribution in [0.15, 0.2) is 36.7 Å². The lowest BCUT2D eigenvalue weighted by atomic mass is 10.1. The van der Waals surface area contributed by atoms with Crippen molar-refractivity contribution in [2.75, 3.05) is 18.0 Å². The molecule has 1 amide bonds. The standard InChI is InChI=1S/C23H27N5O2/c1-14-12-27(13-15(2)28(14)17(4)30)22-7-5-6-21(26-22)20-11-25-23-19(20)9-18(10-24-23)8-16(3)29/h5-7,9-11,14-15H,8,12-13H2,1-4H3,(H,24,25)/t14-,15+. The first-order chi connectivity index (χ1) is 14.3. The zero-order valence-electron chi connectivity index (χ0n) is 17.8. The molecule has 0 unspecified atom stereocenters. The molecule has 3 aromatic heterocycles. The van der Waals surface area contributed by atoms with Gasteiger partial charge in [0, 0.05) is 61.9 Å². The number of Topliss-reactive ketones (excluding diaryl/α,β-unsaturated/α-hetero) is 1. The summed E-state index contributed by atoms with van der Waals surface area (Å²) in [4.78, 5) is 40.2. The van der Waals surface area contributed by atoms with Gasteiger partial charge in [-0.2, -0.15) is 0 Å². The molecule has 4 rings (SSSR count). The fraction of sp³-hybridized carbons (Fsp3) is 0.391. The van der Waals surface area contributed by atoms with E-state index in [1.807, 2.05) is 35.4 Å². The molecule has 2 atom stereocenters. The average molecular weight is 406 g/mol. The van der Waals surface area contributed by atoms with Crippen LogP contribution in [0, 0.1) is 0 Å². The van der Waals surface area contributed by atoms with Gasteiger partial charge >= 0.3 is 0 Å². The van der Waals surface area contributed by atoms with Gasteiger partial charge in [-0.1, -0.05) is 6.07 Å². The number of ketones is 1. The smallest absolute Gasteiger partial charge is 0.220 e. The summed E-state index contributed by atoms with van der Waals surface area (Å²) in [5.41, 5.74) is 3.50. The van der Waals surface area contributed by atoms with Crippen LogP contribution in [-0.4, -0.2) is 56.7 Å². The van der Waals surface area contributed by atoms with Crippen LogP contribution >= 0.6 is 0 Å². The van der Waals surface area contributed by atoms with Gasteiger partial charge in [-0.05, 0) is 44.5 Å². The molecule has 1 aliphatic heterocycles. The first kappa shape index (κ1) is 20.1. The molecule has 1 N–H and O–H groups in total. The molecule has 30 heavy (non-hydrogen) atoms. The first-order valence-electron chi connectivity index (χ1n) is 10.3. The number of aromatic nitrogens is 3. The minimum Gasteiger partial charge on any atom is -0.352 e. The van der Waals surface area contributed by atoms with Crippen molar-refractivity contribution in [3.05, 3.63) is 42.2 Å². The number of hydrogen-bond acceptors (Lipinski definition) is 5. The summed E-state index contributed by atoms with van der Waals surface area (Å²) in [7, 11) is 0. The van der Waals surface area contributed by atoms with Crippen LogP contribution in [-0.2, 0) is 16.0 Å². The van der Waals surface area contributed by atoms with Gasteiger partial charge < -0.3 is 14.8 Å². The molecule has 0 saturated carbocycles. The Morgan fingerprint density at radius 1 is 1.17 bits per heavy atom. The number of anilines is 1. The molecular formula is C23H27N5O2. The van der Waals surface area contributed by atoms with E-state index in [4.69, 9.17) is 4.98 Å². The Bertz CT molecular complexity index is 1090. The normalized spacial score (nSPS) is 19.3. The fourth-order valence-electron chi connectivity index (χ4n) is 4.52. The number of carbonyl (C=O) groups is 2. The van der Waals surface area contributed by atoms with E-state index in [1.165, 1.54) is 0 Å². The Kier molecular flexibility index (Phi) is 5.28. The molecule has 0 bridgehead atoms. The number of aromatic amines is 1. The lowest BCUT2D eigenvalue weighted by Gasteiger charge is -2.44. The van der Waals surface area contributed by atoms with E-state index in [-0.39, 0.29) is 23.8 Å². The third-order valence-electron chi connectivity index (χ3n) is 5.66. The number of hydrogen-bond donors (Lipinski definition) is 1. The maximum Gasteiger partial charge on any atom is 0.220 e. The lowest BCUT2D eigenvalue weighted by molar-refractivity contribution is -0.133. The zero-order valence-corrected chi connectivity index (χ0v) is 17.8. The highest BCUT2D eigenvalue weighted by molar-refractivity contribution is 5.93. The minimum absolute atomic E-state index is 0.112. The topological polar surface area (TPSA) is 82.2 Å². The van der Waals surface area contributed by atoms with Gasteiger partial charge in [0.05, 0.1) is 5.69 Å². The van der Waals surface area contributed by atoms with E-state index in [9.17, 15) is 9.59 Å². The van der Waals surface area contributed by atoms with Gasteiger partial charge in [0.25, 0.3) is 0 Å². The van der Waals surface area contributed by atoms with Crippen molar-refractivity contribution in [3.8, 4) is 11.3 Å². The van der Waals surface area contributed by atoms with Crippen LogP contribution < -0.4 is 4.90 Å². The molecule has 4 heterocycles. The minimum atomic E-state index is 0.112. The molecule has 7 heteroatoms. The molecule has 156 valence electrons. The van der Waals surface area contributed by atoms with Crippen LogP contribution in [0.25, 0.3) is 22.3 Å². The SMILES string of the molecule is CC(=O)Cc1cnc2[nH]cc(-c3cccc(N4C[C@@H](C)N(C(C)=O)[C@@H](C)C4)n3)c2c1. The Balaban J connectivity index is 1.66. The molecule has 7 nitrogen and oxygen atoms in total. The number of amides is 1. The molecular weight excluding hydrogens is 378 g/mol. The summed E-state index contributed by atoms with van der Waals surface area (Å²) in [6, 6.07) is 8.28. The molecule has 0 aromatic carbocycles. The van der Waals surface area contributed by atoms with Gasteiger partial charge in [-0.25, -0.2) is 9.97 Å². The van der Waals surface area contributed by atoms with Crippen LogP contribution in [0.2, 0.25) is 0 Å². The van der Waals surface area contributed by atoms with Crippen LogP contribution in [0.3, 0.4) is 0 Å². The Morgan fingerprint density at radius 2 is 1.90 bits per heavy atom. The average Bonchev–Trinajstić information content (AvgIpc) is 3.10. The third kappa shape index (κ3) is 3.79. The third-order valence-corrected chi connectivity index (χ3v) is 5.66. The largest absolute Gasteiger partial charge is 0.352 e. The van der Waals surface area contributed by atoms with Gasteiger partial charge in [-0.3, -0.25) is 9.59 Å². The maximum absolute atomic E-state index is 12.0. The van der Waals surface area contributed by atoms with E-state index < -0.39 is 0 Å². The number of nitrogens with zero attached hydrogens (tertiary/aromatic N) is 4. The predicted octanol–water partition coefficient (Wildman–Crippen LogP) is 3.20. The molecule has 3 aromatic rings. The van der Waals surface area contributed by atoms with Crippen molar-refractivity contribution in [1.29, 1.82) is 0 Å². The second-order valence-electron chi connectivity index (χ2n) is 8.23. The number of fused-ring (bicyclic) bond motifs is 1. The second kappa shape index (κ2) is 7.89. The van der Waals surface area contributed by atoms with Crippen molar-refractivity contribution in [1.82, 2.24) is 19.9 Å². The summed E-state index contributed by atoms with van der Waals surface area (Å²) in [5, 5.41) is 0.960. The van der Waals surface area contributed by atoms with Gasteiger partial charge in [-0.15, -0.1) is 0 Å². The highest BCUT2D eigenvalue weighted by atomic mass is 16.2. The van der Waals surface area contributed by atoms with Gasteiger partial charge in [0.1, 0.15) is 17.2 Å². The number of rotatable bonds is 4. The van der Waals surface area contributed by atoms with Crippen molar-refractivity contribution >= 4 is 28.5 Å². The summed E-state index contributed by atoms with van der Waals surface area (Å²) in [5.74, 6) is 1.13. The van der Waals surface area contributed by atoms with E-state index in [0.717, 1.165) is 46.8 Å². The van der Waals surface area contributed by atoms with E-state index >= 15 is 0 Å². The number of H-pyrrole nitrogens is 1. The Morgan fingerprint density at radius 3 is 2.57 bits per heavy atom. The number of pyridine rings is 2. The Hall–Kier alpha value is -3.22. The van der Waals surface area contributed by atoms with Crippen molar-refractivity contribution in [2.24, 2.45) is 0 Å². The summed E-state index contributed by atoms with van der Waals surface area (Å²) in [6.07, 6.45) is 4.03. The fourth-order valence-corrected chi connectivity index (χ4v) is 4.52. The van der Waals surface area contributed by atoms with E-state index in [2.05, 4.69) is 28.7 Å². The predicted molar refractivity (Wildman–Crippen MR) is 117 cm³/mol. The monoisotopic (exact) mass is 405 g/mol. The van der Waals surface area contributed by atoms with Crippen molar-refractivity contribution < 1.29 is 9.59 Å². The highest BCUT2D eigenvalue weighted by Crippen LogP contribution is 2.29. The molecule has 0 aliphatic carbocycles. The number of piperazine rings is 1. The molecule has 1 saturated heterocycles.